The summed E-state index contributed by atoms with van der Waals surface area (Å²) < 4.78 is 39.9. The molecule has 2 aromatic rings. The second kappa shape index (κ2) is 14.2. The smallest absolute Gasteiger partial charge is 0.242 e. The first-order valence-electron chi connectivity index (χ1n) is 12.1. The van der Waals surface area contributed by atoms with Crippen molar-refractivity contribution < 1.29 is 22.4 Å². The molecule has 0 spiro atoms. The van der Waals surface area contributed by atoms with Crippen LogP contribution in [-0.4, -0.2) is 50.5 Å². The topological polar surface area (TPSA) is 86.8 Å². The molecule has 1 N–H and O–H groups in total. The molecule has 0 aromatic heterocycles. The Morgan fingerprint density at radius 2 is 1.72 bits per heavy atom. The molecule has 0 aliphatic carbocycles. The summed E-state index contributed by atoms with van der Waals surface area (Å²) in [6.07, 6.45) is 3.28. The van der Waals surface area contributed by atoms with Gasteiger partial charge in [-0.3, -0.25) is 13.9 Å². The summed E-state index contributed by atoms with van der Waals surface area (Å²) in [5, 5.41) is 3.38. The molecule has 0 saturated carbocycles. The quantitative estimate of drug-likeness (QED) is 0.351. The van der Waals surface area contributed by atoms with Gasteiger partial charge in [0.2, 0.25) is 21.8 Å². The maximum absolute atomic E-state index is 14.3. The molecule has 198 valence electrons. The third-order valence-corrected chi connectivity index (χ3v) is 7.34. The minimum absolute atomic E-state index is 0.0241. The second-order valence-electron chi connectivity index (χ2n) is 8.57. The molecule has 2 amide bonds. The van der Waals surface area contributed by atoms with Crippen LogP contribution < -0.4 is 9.62 Å². The zero-order valence-electron chi connectivity index (χ0n) is 21.0. The van der Waals surface area contributed by atoms with Gasteiger partial charge < -0.3 is 10.2 Å². The number of unbranched alkanes of at least 4 members (excludes halogenated alkanes) is 1. The van der Waals surface area contributed by atoms with Crippen molar-refractivity contribution in [2.75, 3.05) is 23.7 Å². The predicted octanol–water partition coefficient (Wildman–Crippen LogP) is 4.75. The third kappa shape index (κ3) is 8.48. The lowest BCUT2D eigenvalue weighted by Gasteiger charge is -2.31. The van der Waals surface area contributed by atoms with Crippen LogP contribution in [0.1, 0.15) is 51.5 Å². The fraction of sp³-hybridized carbons (Fsp3) is 0.462. The number of anilines is 1. The van der Waals surface area contributed by atoms with Gasteiger partial charge in [0.1, 0.15) is 11.9 Å². The van der Waals surface area contributed by atoms with Crippen molar-refractivity contribution in [1.29, 1.82) is 0 Å². The van der Waals surface area contributed by atoms with Crippen LogP contribution in [0.5, 0.6) is 0 Å². The van der Waals surface area contributed by atoms with E-state index >= 15 is 0 Å². The Balaban J connectivity index is 2.22. The summed E-state index contributed by atoms with van der Waals surface area (Å²) in [5.74, 6) is -1.21. The molecule has 2 rings (SSSR count). The maximum Gasteiger partial charge on any atom is 0.242 e. The van der Waals surface area contributed by atoms with Crippen LogP contribution in [0, 0.1) is 5.82 Å². The number of carbonyl (C=O) groups excluding carboxylic acids is 2. The lowest BCUT2D eigenvalue weighted by atomic mass is 10.1. The average Bonchev–Trinajstić information content (AvgIpc) is 2.83. The Hall–Kier alpha value is -2.65. The molecular weight excluding hydrogens is 505 g/mol. The van der Waals surface area contributed by atoms with Crippen molar-refractivity contribution in [3.05, 3.63) is 64.9 Å². The summed E-state index contributed by atoms with van der Waals surface area (Å²) in [4.78, 5) is 27.8. The standard InChI is InChI=1S/C26H35ClFN3O4S/c1-4-6-17-29-26(33)23(5-2)30(19-20-12-7-8-13-21(20)27)25(32)16-11-18-31(36(3,34)35)24-15-10-9-14-22(24)28/h7-10,12-15,23H,4-6,11,16-19H2,1-3H3,(H,29,33)/t23-/m1/s1. The highest BCUT2D eigenvalue weighted by atomic mass is 35.5. The normalized spacial score (nSPS) is 12.1. The van der Waals surface area contributed by atoms with Crippen LogP contribution in [0.3, 0.4) is 0 Å². The van der Waals surface area contributed by atoms with Gasteiger partial charge >= 0.3 is 0 Å². The Morgan fingerprint density at radius 1 is 1.06 bits per heavy atom. The maximum atomic E-state index is 14.3. The molecule has 2 aromatic carbocycles. The van der Waals surface area contributed by atoms with Gasteiger partial charge in [-0.1, -0.05) is 62.2 Å². The van der Waals surface area contributed by atoms with E-state index in [0.717, 1.165) is 23.4 Å². The first-order valence-corrected chi connectivity index (χ1v) is 14.4. The molecule has 1 atom stereocenters. The Morgan fingerprint density at radius 3 is 2.33 bits per heavy atom. The Bertz CT molecular complexity index is 1130. The van der Waals surface area contributed by atoms with Crippen LogP contribution >= 0.6 is 11.6 Å². The van der Waals surface area contributed by atoms with Crippen molar-refractivity contribution in [2.24, 2.45) is 0 Å². The molecule has 0 bridgehead atoms. The largest absolute Gasteiger partial charge is 0.354 e. The van der Waals surface area contributed by atoms with Crippen molar-refractivity contribution in [2.45, 2.75) is 58.5 Å². The Labute approximate surface area is 218 Å². The number of benzene rings is 2. The highest BCUT2D eigenvalue weighted by Crippen LogP contribution is 2.23. The first-order chi connectivity index (χ1) is 17.1. The molecule has 7 nitrogen and oxygen atoms in total. The highest BCUT2D eigenvalue weighted by Gasteiger charge is 2.29. The van der Waals surface area contributed by atoms with E-state index in [4.69, 9.17) is 11.6 Å². The van der Waals surface area contributed by atoms with E-state index in [0.29, 0.717) is 23.6 Å². The first kappa shape index (κ1) is 29.6. The summed E-state index contributed by atoms with van der Waals surface area (Å²) in [7, 11) is -3.77. The van der Waals surface area contributed by atoms with Gasteiger partial charge in [0.05, 0.1) is 11.9 Å². The number of carbonyl (C=O) groups is 2. The minimum atomic E-state index is -3.77. The number of sulfonamides is 1. The molecular formula is C26H35ClFN3O4S. The molecule has 0 unspecified atom stereocenters. The Kier molecular flexibility index (Phi) is 11.7. The van der Waals surface area contributed by atoms with Crippen LogP contribution in [0.2, 0.25) is 5.02 Å². The zero-order valence-corrected chi connectivity index (χ0v) is 22.6. The molecule has 0 radical (unpaired) electrons. The van der Waals surface area contributed by atoms with Crippen LogP contribution in [-0.2, 0) is 26.2 Å². The zero-order chi connectivity index (χ0) is 26.7. The van der Waals surface area contributed by atoms with E-state index in [1.54, 1.807) is 24.3 Å². The summed E-state index contributed by atoms with van der Waals surface area (Å²) in [6.45, 7) is 4.44. The number of hydrogen-bond acceptors (Lipinski definition) is 4. The van der Waals surface area contributed by atoms with Crippen molar-refractivity contribution >= 4 is 39.1 Å². The minimum Gasteiger partial charge on any atom is -0.354 e. The molecule has 10 heteroatoms. The fourth-order valence-electron chi connectivity index (χ4n) is 3.87. The van der Waals surface area contributed by atoms with E-state index in [9.17, 15) is 22.4 Å². The predicted molar refractivity (Wildman–Crippen MR) is 142 cm³/mol. The number of hydrogen-bond donors (Lipinski definition) is 1. The number of rotatable bonds is 14. The van der Waals surface area contributed by atoms with Crippen molar-refractivity contribution in [1.82, 2.24) is 10.2 Å². The van der Waals surface area contributed by atoms with Gasteiger partial charge in [-0.2, -0.15) is 0 Å². The van der Waals surface area contributed by atoms with Gasteiger partial charge in [-0.25, -0.2) is 12.8 Å². The summed E-state index contributed by atoms with van der Waals surface area (Å²) in [6, 6.07) is 12.0. The number of nitrogens with zero attached hydrogens (tertiary/aromatic N) is 2. The average molecular weight is 540 g/mol. The number of amides is 2. The molecule has 0 saturated heterocycles. The van der Waals surface area contributed by atoms with Crippen LogP contribution in [0.15, 0.2) is 48.5 Å². The van der Waals surface area contributed by atoms with Gasteiger partial charge in [0, 0.05) is 31.1 Å². The fourth-order valence-corrected chi connectivity index (χ4v) is 5.03. The van der Waals surface area contributed by atoms with E-state index in [1.165, 1.54) is 23.1 Å². The summed E-state index contributed by atoms with van der Waals surface area (Å²) >= 11 is 6.33. The SMILES string of the molecule is CCCCNC(=O)[C@@H](CC)N(Cc1ccccc1Cl)C(=O)CCCN(c1ccccc1F)S(C)(=O)=O. The second-order valence-corrected chi connectivity index (χ2v) is 10.9. The number of halogens is 2. The monoisotopic (exact) mass is 539 g/mol. The summed E-state index contributed by atoms with van der Waals surface area (Å²) in [5.41, 5.74) is 0.638. The highest BCUT2D eigenvalue weighted by molar-refractivity contribution is 7.92. The van der Waals surface area contributed by atoms with Crippen molar-refractivity contribution in [3.63, 3.8) is 0 Å². The van der Waals surface area contributed by atoms with Crippen LogP contribution in [0.25, 0.3) is 0 Å². The molecule has 36 heavy (non-hydrogen) atoms. The lowest BCUT2D eigenvalue weighted by Crippen LogP contribution is -2.49. The van der Waals surface area contributed by atoms with E-state index in [2.05, 4.69) is 5.32 Å². The molecule has 0 aliphatic rings. The molecule has 0 heterocycles. The lowest BCUT2D eigenvalue weighted by molar-refractivity contribution is -0.141. The van der Waals surface area contributed by atoms with Gasteiger partial charge in [-0.15, -0.1) is 0 Å². The van der Waals surface area contributed by atoms with Gasteiger partial charge in [-0.05, 0) is 43.0 Å². The molecule has 0 aliphatic heterocycles. The third-order valence-electron chi connectivity index (χ3n) is 5.79. The molecule has 0 fully saturated rings. The van der Waals surface area contributed by atoms with Crippen molar-refractivity contribution in [3.8, 4) is 0 Å². The number of para-hydroxylation sites is 1. The van der Waals surface area contributed by atoms with Gasteiger partial charge in [0.25, 0.3) is 0 Å². The van der Waals surface area contributed by atoms with E-state index in [-0.39, 0.29) is 43.4 Å². The number of nitrogens with one attached hydrogen (secondary N) is 1. The van der Waals surface area contributed by atoms with E-state index < -0.39 is 21.9 Å². The van der Waals surface area contributed by atoms with Crippen LogP contribution in [0.4, 0.5) is 10.1 Å². The van der Waals surface area contributed by atoms with E-state index in [1.807, 2.05) is 19.9 Å². The van der Waals surface area contributed by atoms with Gasteiger partial charge in [0.15, 0.2) is 0 Å².